The molecule has 0 rings (SSSR count). The van der Waals surface area contributed by atoms with E-state index in [1.165, 1.54) is 0 Å². The quantitative estimate of drug-likeness (QED) is 0.584. The SMILES string of the molecule is C[C@@H](CCCCF)C[C@H](CN)CC(=O)O. The van der Waals surface area contributed by atoms with Crippen LogP contribution in [0.1, 0.15) is 39.0 Å². The molecule has 0 heterocycles. The van der Waals surface area contributed by atoms with Gasteiger partial charge in [-0.3, -0.25) is 9.18 Å². The summed E-state index contributed by atoms with van der Waals surface area (Å²) in [4.78, 5) is 10.5. The first-order valence-electron chi connectivity index (χ1n) is 5.58. The minimum atomic E-state index is -0.790. The molecular formula is C11H22FNO2. The van der Waals surface area contributed by atoms with E-state index < -0.39 is 5.97 Å². The van der Waals surface area contributed by atoms with Crippen LogP contribution >= 0.6 is 0 Å². The van der Waals surface area contributed by atoms with Crippen molar-refractivity contribution in [3.63, 3.8) is 0 Å². The van der Waals surface area contributed by atoms with Gasteiger partial charge in [0.2, 0.25) is 0 Å². The van der Waals surface area contributed by atoms with Crippen molar-refractivity contribution in [1.82, 2.24) is 0 Å². The fraction of sp³-hybridized carbons (Fsp3) is 0.909. The lowest BCUT2D eigenvalue weighted by molar-refractivity contribution is -0.138. The summed E-state index contributed by atoms with van der Waals surface area (Å²) >= 11 is 0. The van der Waals surface area contributed by atoms with Gasteiger partial charge < -0.3 is 10.8 Å². The number of rotatable bonds is 9. The summed E-state index contributed by atoms with van der Waals surface area (Å²) < 4.78 is 11.8. The summed E-state index contributed by atoms with van der Waals surface area (Å²) in [5, 5.41) is 8.64. The van der Waals surface area contributed by atoms with Gasteiger partial charge in [-0.25, -0.2) is 0 Å². The fourth-order valence-corrected chi connectivity index (χ4v) is 1.78. The van der Waals surface area contributed by atoms with Gasteiger partial charge in [-0.05, 0) is 31.2 Å². The van der Waals surface area contributed by atoms with Crippen LogP contribution in [-0.2, 0) is 4.79 Å². The average molecular weight is 219 g/mol. The number of carbonyl (C=O) groups is 1. The number of aliphatic carboxylic acids is 1. The number of carboxylic acids is 1. The molecule has 4 heteroatoms. The molecule has 0 aliphatic heterocycles. The predicted octanol–water partition coefficient (Wildman–Crippen LogP) is 2.20. The lowest BCUT2D eigenvalue weighted by atomic mass is 9.90. The van der Waals surface area contributed by atoms with E-state index in [1.54, 1.807) is 0 Å². The Labute approximate surface area is 90.8 Å². The highest BCUT2D eigenvalue weighted by Crippen LogP contribution is 2.19. The van der Waals surface area contributed by atoms with Crippen LogP contribution in [0, 0.1) is 11.8 Å². The number of carboxylic acid groups (broad SMARTS) is 1. The van der Waals surface area contributed by atoms with Crippen LogP contribution in [0.3, 0.4) is 0 Å². The predicted molar refractivity (Wildman–Crippen MR) is 58.4 cm³/mol. The van der Waals surface area contributed by atoms with Crippen molar-refractivity contribution >= 4 is 5.97 Å². The molecule has 3 N–H and O–H groups in total. The minimum absolute atomic E-state index is 0.0582. The van der Waals surface area contributed by atoms with Crippen LogP contribution < -0.4 is 5.73 Å². The number of halogens is 1. The van der Waals surface area contributed by atoms with E-state index in [4.69, 9.17) is 10.8 Å². The van der Waals surface area contributed by atoms with E-state index in [-0.39, 0.29) is 19.0 Å². The van der Waals surface area contributed by atoms with E-state index in [1.807, 2.05) is 0 Å². The summed E-state index contributed by atoms with van der Waals surface area (Å²) in [6, 6.07) is 0. The van der Waals surface area contributed by atoms with Crippen molar-refractivity contribution in [1.29, 1.82) is 0 Å². The van der Waals surface area contributed by atoms with Gasteiger partial charge in [-0.15, -0.1) is 0 Å². The van der Waals surface area contributed by atoms with E-state index in [9.17, 15) is 9.18 Å². The Kier molecular flexibility index (Phi) is 8.28. The second-order valence-corrected chi connectivity index (χ2v) is 4.23. The van der Waals surface area contributed by atoms with Gasteiger partial charge in [0.1, 0.15) is 0 Å². The van der Waals surface area contributed by atoms with Gasteiger partial charge in [0.25, 0.3) is 0 Å². The van der Waals surface area contributed by atoms with Gasteiger partial charge in [-0.2, -0.15) is 0 Å². The molecule has 0 aromatic heterocycles. The third-order valence-corrected chi connectivity index (χ3v) is 2.61. The summed E-state index contributed by atoms with van der Waals surface area (Å²) in [5.41, 5.74) is 5.50. The van der Waals surface area contributed by atoms with Crippen LogP contribution in [0.4, 0.5) is 4.39 Å². The molecule has 0 radical (unpaired) electrons. The smallest absolute Gasteiger partial charge is 0.303 e. The molecule has 0 aromatic rings. The molecular weight excluding hydrogens is 197 g/mol. The van der Waals surface area contributed by atoms with Crippen LogP contribution in [-0.4, -0.2) is 24.3 Å². The molecule has 2 atom stereocenters. The monoisotopic (exact) mass is 219 g/mol. The van der Waals surface area contributed by atoms with Crippen LogP contribution in [0.5, 0.6) is 0 Å². The summed E-state index contributed by atoms with van der Waals surface area (Å²) in [6.45, 7) is 2.23. The second-order valence-electron chi connectivity index (χ2n) is 4.23. The van der Waals surface area contributed by atoms with E-state index >= 15 is 0 Å². The highest BCUT2D eigenvalue weighted by atomic mass is 19.1. The van der Waals surface area contributed by atoms with Crippen molar-refractivity contribution < 1.29 is 14.3 Å². The molecule has 0 aliphatic carbocycles. The van der Waals surface area contributed by atoms with Crippen molar-refractivity contribution in [2.24, 2.45) is 17.6 Å². The standard InChI is InChI=1S/C11H22FNO2/c1-9(4-2-3-5-12)6-10(8-13)7-11(14)15/h9-10H,2-8,13H2,1H3,(H,14,15)/t9-,10-/m0/s1. The van der Waals surface area contributed by atoms with Crippen molar-refractivity contribution in [3.8, 4) is 0 Å². The van der Waals surface area contributed by atoms with Crippen LogP contribution in [0.2, 0.25) is 0 Å². The van der Waals surface area contributed by atoms with Gasteiger partial charge in [0, 0.05) is 6.42 Å². The molecule has 0 saturated carbocycles. The Bertz CT molecular complexity index is 176. The maximum Gasteiger partial charge on any atom is 0.303 e. The largest absolute Gasteiger partial charge is 0.481 e. The lowest BCUT2D eigenvalue weighted by Crippen LogP contribution is -2.20. The van der Waals surface area contributed by atoms with Crippen LogP contribution in [0.25, 0.3) is 0 Å². The number of nitrogens with two attached hydrogens (primary N) is 1. The number of unbranched alkanes of at least 4 members (excludes halogenated alkanes) is 1. The highest BCUT2D eigenvalue weighted by molar-refractivity contribution is 5.67. The van der Waals surface area contributed by atoms with Gasteiger partial charge >= 0.3 is 5.97 Å². The molecule has 0 spiro atoms. The molecule has 0 fully saturated rings. The molecule has 15 heavy (non-hydrogen) atoms. The normalized spacial score (nSPS) is 14.9. The summed E-state index contributed by atoms with van der Waals surface area (Å²) in [6.07, 6.45) is 3.41. The second kappa shape index (κ2) is 8.65. The first kappa shape index (κ1) is 14.4. The Morgan fingerprint density at radius 1 is 1.47 bits per heavy atom. The molecule has 0 amide bonds. The van der Waals surface area contributed by atoms with Crippen LogP contribution in [0.15, 0.2) is 0 Å². The van der Waals surface area contributed by atoms with Gasteiger partial charge in [0.15, 0.2) is 0 Å². The zero-order valence-corrected chi connectivity index (χ0v) is 9.42. The molecule has 0 saturated heterocycles. The van der Waals surface area contributed by atoms with Crippen molar-refractivity contribution in [2.45, 2.75) is 39.0 Å². The van der Waals surface area contributed by atoms with Crippen molar-refractivity contribution in [2.75, 3.05) is 13.2 Å². The highest BCUT2D eigenvalue weighted by Gasteiger charge is 2.14. The Hall–Kier alpha value is -0.640. The third-order valence-electron chi connectivity index (χ3n) is 2.61. The average Bonchev–Trinajstić information content (AvgIpc) is 2.16. The minimum Gasteiger partial charge on any atom is -0.481 e. The van der Waals surface area contributed by atoms with E-state index in [2.05, 4.69) is 6.92 Å². The molecule has 0 bridgehead atoms. The van der Waals surface area contributed by atoms with Gasteiger partial charge in [-0.1, -0.05) is 19.8 Å². The Morgan fingerprint density at radius 2 is 2.13 bits per heavy atom. The molecule has 0 aromatic carbocycles. The maximum atomic E-state index is 11.8. The number of hydrogen-bond donors (Lipinski definition) is 2. The first-order valence-corrected chi connectivity index (χ1v) is 5.58. The lowest BCUT2D eigenvalue weighted by Gasteiger charge is -2.17. The number of alkyl halides is 1. The molecule has 90 valence electrons. The summed E-state index contributed by atoms with van der Waals surface area (Å²) in [7, 11) is 0. The van der Waals surface area contributed by atoms with E-state index in [0.29, 0.717) is 18.9 Å². The topological polar surface area (TPSA) is 63.3 Å². The van der Waals surface area contributed by atoms with Gasteiger partial charge in [0.05, 0.1) is 6.67 Å². The fourth-order valence-electron chi connectivity index (χ4n) is 1.78. The Morgan fingerprint density at radius 3 is 2.60 bits per heavy atom. The summed E-state index contributed by atoms with van der Waals surface area (Å²) in [5.74, 6) is -0.297. The molecule has 0 unspecified atom stereocenters. The number of hydrogen-bond acceptors (Lipinski definition) is 2. The molecule has 0 aliphatic rings. The first-order chi connectivity index (χ1) is 7.10. The van der Waals surface area contributed by atoms with Crippen molar-refractivity contribution in [3.05, 3.63) is 0 Å². The molecule has 3 nitrogen and oxygen atoms in total. The third kappa shape index (κ3) is 8.36. The van der Waals surface area contributed by atoms with E-state index in [0.717, 1.165) is 19.3 Å². The zero-order valence-electron chi connectivity index (χ0n) is 9.42. The zero-order chi connectivity index (χ0) is 11.7. The Balaban J connectivity index is 3.69. The maximum absolute atomic E-state index is 11.8.